The van der Waals surface area contributed by atoms with Gasteiger partial charge < -0.3 is 20.5 Å². The van der Waals surface area contributed by atoms with Crippen LogP contribution in [0.25, 0.3) is 0 Å². The minimum absolute atomic E-state index is 0. The molecule has 0 aliphatic carbocycles. The molecule has 126 valence electrons. The molecule has 2 fully saturated rings. The molecule has 0 bridgehead atoms. The predicted molar refractivity (Wildman–Crippen MR) is 86.3 cm³/mol. The van der Waals surface area contributed by atoms with Gasteiger partial charge in [-0.25, -0.2) is 0 Å². The van der Waals surface area contributed by atoms with Crippen molar-refractivity contribution in [1.29, 1.82) is 0 Å². The average Bonchev–Trinajstić information content (AvgIpc) is 2.88. The summed E-state index contributed by atoms with van der Waals surface area (Å²) in [5.41, 5.74) is 5.55. The van der Waals surface area contributed by atoms with Gasteiger partial charge in [0, 0.05) is 32.2 Å². The molecule has 2 aliphatic rings. The van der Waals surface area contributed by atoms with Gasteiger partial charge >= 0.3 is 0 Å². The highest BCUT2D eigenvalue weighted by molar-refractivity contribution is 5.85. The van der Waals surface area contributed by atoms with Crippen molar-refractivity contribution in [3.8, 4) is 0 Å². The molecule has 0 aromatic carbocycles. The van der Waals surface area contributed by atoms with Gasteiger partial charge in [0.15, 0.2) is 0 Å². The van der Waals surface area contributed by atoms with Gasteiger partial charge in [-0.15, -0.1) is 24.8 Å². The first kappa shape index (κ1) is 20.9. The van der Waals surface area contributed by atoms with E-state index in [2.05, 4.69) is 10.2 Å². The Balaban J connectivity index is 0.00000200. The van der Waals surface area contributed by atoms with Gasteiger partial charge in [-0.3, -0.25) is 9.69 Å². The van der Waals surface area contributed by atoms with Gasteiger partial charge in [0.1, 0.15) is 6.10 Å². The van der Waals surface area contributed by atoms with Gasteiger partial charge in [0.05, 0.1) is 19.3 Å². The summed E-state index contributed by atoms with van der Waals surface area (Å²) in [4.78, 5) is 14.4. The van der Waals surface area contributed by atoms with Crippen molar-refractivity contribution in [1.82, 2.24) is 10.2 Å². The van der Waals surface area contributed by atoms with Crippen LogP contribution in [0.5, 0.6) is 0 Å². The molecule has 0 aromatic rings. The normalized spacial score (nSPS) is 27.3. The number of hydrogen-bond donors (Lipinski definition) is 2. The first-order chi connectivity index (χ1) is 9.19. The second kappa shape index (κ2) is 10.6. The summed E-state index contributed by atoms with van der Waals surface area (Å²) < 4.78 is 10.9. The molecule has 0 spiro atoms. The van der Waals surface area contributed by atoms with E-state index in [1.807, 2.05) is 6.92 Å². The number of halogens is 2. The third-order valence-electron chi connectivity index (χ3n) is 3.69. The van der Waals surface area contributed by atoms with Crippen molar-refractivity contribution in [2.24, 2.45) is 5.73 Å². The van der Waals surface area contributed by atoms with E-state index in [9.17, 15) is 4.79 Å². The molecular weight excluding hydrogens is 317 g/mol. The summed E-state index contributed by atoms with van der Waals surface area (Å²) in [6, 6.07) is 0.131. The molecule has 1 amide bonds. The molecule has 3 N–H and O–H groups in total. The third kappa shape index (κ3) is 6.67. The van der Waals surface area contributed by atoms with E-state index < -0.39 is 0 Å². The Morgan fingerprint density at radius 3 is 2.57 bits per heavy atom. The summed E-state index contributed by atoms with van der Waals surface area (Å²) >= 11 is 0. The zero-order chi connectivity index (χ0) is 13.7. The summed E-state index contributed by atoms with van der Waals surface area (Å²) in [6.07, 6.45) is 1.38. The Kier molecular flexibility index (Phi) is 10.5. The number of carbonyl (C=O) groups is 1. The van der Waals surface area contributed by atoms with Crippen LogP contribution in [-0.2, 0) is 14.3 Å². The molecule has 0 saturated carbocycles. The quantitative estimate of drug-likeness (QED) is 0.744. The molecule has 8 heteroatoms. The molecule has 0 radical (unpaired) electrons. The zero-order valence-electron chi connectivity index (χ0n) is 12.5. The molecule has 21 heavy (non-hydrogen) atoms. The SMILES string of the molecule is CC(CN1CCOCC1)NC(=O)[C@@H]1CC[C@H](CN)O1.Cl.Cl. The number of nitrogens with zero attached hydrogens (tertiary/aromatic N) is 1. The predicted octanol–water partition coefficient (Wildman–Crippen LogP) is 0.173. The monoisotopic (exact) mass is 343 g/mol. The van der Waals surface area contributed by atoms with E-state index >= 15 is 0 Å². The fraction of sp³-hybridized carbons (Fsp3) is 0.923. The minimum atomic E-state index is -0.319. The second-order valence-electron chi connectivity index (χ2n) is 5.38. The minimum Gasteiger partial charge on any atom is -0.379 e. The van der Waals surface area contributed by atoms with Gasteiger partial charge in [-0.2, -0.15) is 0 Å². The van der Waals surface area contributed by atoms with Crippen LogP contribution in [0.3, 0.4) is 0 Å². The van der Waals surface area contributed by atoms with Crippen LogP contribution in [0, 0.1) is 0 Å². The van der Waals surface area contributed by atoms with E-state index in [1.165, 1.54) is 0 Å². The fourth-order valence-electron chi connectivity index (χ4n) is 2.62. The Labute approximate surface area is 138 Å². The largest absolute Gasteiger partial charge is 0.379 e. The molecular formula is C13H27Cl2N3O3. The lowest BCUT2D eigenvalue weighted by Gasteiger charge is -2.29. The number of nitrogens with one attached hydrogen (secondary N) is 1. The third-order valence-corrected chi connectivity index (χ3v) is 3.69. The van der Waals surface area contributed by atoms with E-state index in [0.717, 1.165) is 45.7 Å². The van der Waals surface area contributed by atoms with Crippen molar-refractivity contribution >= 4 is 30.7 Å². The maximum Gasteiger partial charge on any atom is 0.249 e. The maximum atomic E-state index is 12.0. The van der Waals surface area contributed by atoms with Gasteiger partial charge in [0.25, 0.3) is 0 Å². The van der Waals surface area contributed by atoms with Crippen LogP contribution in [0.15, 0.2) is 0 Å². The van der Waals surface area contributed by atoms with Crippen molar-refractivity contribution in [3.05, 3.63) is 0 Å². The Bertz CT molecular complexity index is 304. The topological polar surface area (TPSA) is 76.8 Å². The van der Waals surface area contributed by atoms with Gasteiger partial charge in [0.2, 0.25) is 5.91 Å². The highest BCUT2D eigenvalue weighted by Gasteiger charge is 2.30. The molecule has 2 rings (SSSR count). The summed E-state index contributed by atoms with van der Waals surface area (Å²) in [7, 11) is 0. The van der Waals surface area contributed by atoms with Crippen molar-refractivity contribution in [2.45, 2.75) is 38.0 Å². The lowest BCUT2D eigenvalue weighted by Crippen LogP contribution is -2.48. The summed E-state index contributed by atoms with van der Waals surface area (Å²) in [5, 5.41) is 3.03. The van der Waals surface area contributed by atoms with Crippen molar-refractivity contribution < 1.29 is 14.3 Å². The Morgan fingerprint density at radius 2 is 2.00 bits per heavy atom. The number of nitrogens with two attached hydrogens (primary N) is 1. The first-order valence-corrected chi connectivity index (χ1v) is 7.15. The van der Waals surface area contributed by atoms with E-state index in [4.69, 9.17) is 15.2 Å². The van der Waals surface area contributed by atoms with Gasteiger partial charge in [-0.1, -0.05) is 0 Å². The standard InChI is InChI=1S/C13H25N3O3.2ClH/c1-10(9-16-4-6-18-7-5-16)15-13(17)12-3-2-11(8-14)19-12;;/h10-12H,2-9,14H2,1H3,(H,15,17);2*1H/t10?,11-,12+;;/m1../s1. The number of amides is 1. The number of carbonyl (C=O) groups excluding carboxylic acids is 1. The Hall–Kier alpha value is -0.110. The Morgan fingerprint density at radius 1 is 1.33 bits per heavy atom. The summed E-state index contributed by atoms with van der Waals surface area (Å²) in [5.74, 6) is -0.00305. The van der Waals surface area contributed by atoms with Gasteiger partial charge in [-0.05, 0) is 19.8 Å². The van der Waals surface area contributed by atoms with Crippen molar-refractivity contribution in [2.75, 3.05) is 39.4 Å². The molecule has 1 unspecified atom stereocenters. The average molecular weight is 344 g/mol. The smallest absolute Gasteiger partial charge is 0.249 e. The molecule has 2 heterocycles. The van der Waals surface area contributed by atoms with Crippen LogP contribution < -0.4 is 11.1 Å². The fourth-order valence-corrected chi connectivity index (χ4v) is 2.62. The first-order valence-electron chi connectivity index (χ1n) is 7.15. The lowest BCUT2D eigenvalue weighted by atomic mass is 10.2. The number of hydrogen-bond acceptors (Lipinski definition) is 5. The number of morpholine rings is 1. The van der Waals surface area contributed by atoms with Crippen molar-refractivity contribution in [3.63, 3.8) is 0 Å². The molecule has 6 nitrogen and oxygen atoms in total. The van der Waals surface area contributed by atoms with E-state index in [1.54, 1.807) is 0 Å². The second-order valence-corrected chi connectivity index (χ2v) is 5.38. The summed E-state index contributed by atoms with van der Waals surface area (Å²) in [6.45, 7) is 6.83. The molecule has 0 aromatic heterocycles. The molecule has 3 atom stereocenters. The van der Waals surface area contributed by atoms with Crippen LogP contribution in [-0.4, -0.2) is 68.4 Å². The van der Waals surface area contributed by atoms with Crippen LogP contribution >= 0.6 is 24.8 Å². The number of rotatable bonds is 5. The molecule has 2 aliphatic heterocycles. The van der Waals surface area contributed by atoms with Crippen LogP contribution in [0.4, 0.5) is 0 Å². The van der Waals surface area contributed by atoms with Crippen LogP contribution in [0.2, 0.25) is 0 Å². The van der Waals surface area contributed by atoms with E-state index in [0.29, 0.717) is 6.54 Å². The maximum absolute atomic E-state index is 12.0. The highest BCUT2D eigenvalue weighted by atomic mass is 35.5. The lowest BCUT2D eigenvalue weighted by molar-refractivity contribution is -0.132. The van der Waals surface area contributed by atoms with E-state index in [-0.39, 0.29) is 49.0 Å². The molecule has 2 saturated heterocycles. The van der Waals surface area contributed by atoms with Crippen LogP contribution in [0.1, 0.15) is 19.8 Å². The number of ether oxygens (including phenoxy) is 2. The zero-order valence-corrected chi connectivity index (χ0v) is 14.1. The highest BCUT2D eigenvalue weighted by Crippen LogP contribution is 2.18.